The average molecular weight is 409 g/mol. The van der Waals surface area contributed by atoms with E-state index in [0.29, 0.717) is 11.4 Å². The number of primary amides is 1. The number of carbonyl (C=O) groups is 1. The third kappa shape index (κ3) is 3.93. The van der Waals surface area contributed by atoms with Gasteiger partial charge in [0.05, 0.1) is 11.9 Å². The standard InChI is InChI=1S/C24H19N5O2/c1-29-14-17(12-27-29)19-11-16(22-13-26-22)7-10-23(19)31-18-8-5-15(6-9-18)20-3-2-4-21(28-20)24(25)30/h2-14,22H,1H3,(H2,25,30). The fourth-order valence-electron chi connectivity index (χ4n) is 3.38. The molecule has 0 fully saturated rings. The van der Waals surface area contributed by atoms with Crippen LogP contribution in [-0.4, -0.2) is 26.9 Å². The Balaban J connectivity index is 1.43. The van der Waals surface area contributed by atoms with E-state index in [2.05, 4.69) is 21.1 Å². The van der Waals surface area contributed by atoms with Gasteiger partial charge in [-0.15, -0.1) is 0 Å². The molecule has 0 saturated carbocycles. The Kier molecular flexibility index (Phi) is 4.55. The van der Waals surface area contributed by atoms with Gasteiger partial charge in [-0.1, -0.05) is 12.1 Å². The van der Waals surface area contributed by atoms with Gasteiger partial charge in [0.1, 0.15) is 23.2 Å². The molecule has 2 aromatic heterocycles. The first-order valence-electron chi connectivity index (χ1n) is 9.78. The third-order valence-corrected chi connectivity index (χ3v) is 5.04. The van der Waals surface area contributed by atoms with Crippen LogP contribution in [-0.2, 0) is 7.05 Å². The zero-order valence-corrected chi connectivity index (χ0v) is 16.8. The molecule has 0 saturated heterocycles. The fourth-order valence-corrected chi connectivity index (χ4v) is 3.38. The van der Waals surface area contributed by atoms with Gasteiger partial charge in [-0.25, -0.2) is 4.98 Å². The minimum absolute atomic E-state index is 0.160. The summed E-state index contributed by atoms with van der Waals surface area (Å²) in [5, 5.41) is 4.29. The van der Waals surface area contributed by atoms with E-state index in [4.69, 9.17) is 10.5 Å². The van der Waals surface area contributed by atoms with Crippen molar-refractivity contribution in [3.05, 3.63) is 84.3 Å². The molecule has 0 bridgehead atoms. The topological polar surface area (TPSA) is 95.4 Å². The van der Waals surface area contributed by atoms with Crippen molar-refractivity contribution in [1.82, 2.24) is 14.8 Å². The number of pyridine rings is 1. The molecule has 3 heterocycles. The molecule has 152 valence electrons. The molecule has 1 amide bonds. The quantitative estimate of drug-likeness (QED) is 0.517. The molecular weight excluding hydrogens is 390 g/mol. The van der Waals surface area contributed by atoms with Gasteiger partial charge in [-0.2, -0.15) is 5.10 Å². The molecule has 7 heteroatoms. The third-order valence-electron chi connectivity index (χ3n) is 5.04. The summed E-state index contributed by atoms with van der Waals surface area (Å²) in [5.74, 6) is 0.874. The van der Waals surface area contributed by atoms with E-state index >= 15 is 0 Å². The molecule has 31 heavy (non-hydrogen) atoms. The smallest absolute Gasteiger partial charge is 0.267 e. The molecule has 1 unspecified atom stereocenters. The first-order valence-corrected chi connectivity index (χ1v) is 9.78. The van der Waals surface area contributed by atoms with E-state index < -0.39 is 5.91 Å². The lowest BCUT2D eigenvalue weighted by Crippen LogP contribution is -2.12. The predicted molar refractivity (Wildman–Crippen MR) is 118 cm³/mol. The molecule has 0 aliphatic carbocycles. The number of aromatic nitrogens is 3. The summed E-state index contributed by atoms with van der Waals surface area (Å²) in [6, 6.07) is 19.0. The number of nitrogens with two attached hydrogens (primary N) is 1. The van der Waals surface area contributed by atoms with Gasteiger partial charge in [-0.3, -0.25) is 14.5 Å². The highest BCUT2D eigenvalue weighted by Gasteiger charge is 2.19. The summed E-state index contributed by atoms with van der Waals surface area (Å²) < 4.78 is 7.97. The SMILES string of the molecule is Cn1cc(-c2cc(C3C=N3)ccc2Oc2ccc(-c3cccc(C(N)=O)n3)cc2)cn1. The largest absolute Gasteiger partial charge is 0.457 e. The number of hydrogen-bond donors (Lipinski definition) is 1. The molecule has 7 nitrogen and oxygen atoms in total. The second kappa shape index (κ2) is 7.53. The van der Waals surface area contributed by atoms with E-state index in [0.717, 1.165) is 28.0 Å². The van der Waals surface area contributed by atoms with Crippen LogP contribution in [0.4, 0.5) is 0 Å². The van der Waals surface area contributed by atoms with Gasteiger partial charge in [0.25, 0.3) is 5.91 Å². The van der Waals surface area contributed by atoms with E-state index in [1.54, 1.807) is 16.8 Å². The van der Waals surface area contributed by atoms with E-state index in [1.165, 1.54) is 0 Å². The second-order valence-corrected chi connectivity index (χ2v) is 7.30. The lowest BCUT2D eigenvalue weighted by Gasteiger charge is -2.12. The van der Waals surface area contributed by atoms with E-state index in [1.807, 2.05) is 68.1 Å². The Hall–Kier alpha value is -4.26. The fraction of sp³-hybridized carbons (Fsp3) is 0.0833. The molecular formula is C24H19N5O2. The normalized spacial score (nSPS) is 14.4. The van der Waals surface area contributed by atoms with Crippen LogP contribution in [0.15, 0.2) is 78.0 Å². The van der Waals surface area contributed by atoms with Crippen molar-refractivity contribution in [2.24, 2.45) is 17.8 Å². The number of rotatable bonds is 6. The Morgan fingerprint density at radius 2 is 1.87 bits per heavy atom. The van der Waals surface area contributed by atoms with Crippen molar-refractivity contribution in [2.75, 3.05) is 0 Å². The van der Waals surface area contributed by atoms with Crippen molar-refractivity contribution in [3.63, 3.8) is 0 Å². The van der Waals surface area contributed by atoms with Crippen LogP contribution in [0.25, 0.3) is 22.4 Å². The number of amides is 1. The molecule has 5 rings (SSSR count). The van der Waals surface area contributed by atoms with Crippen molar-refractivity contribution < 1.29 is 9.53 Å². The highest BCUT2D eigenvalue weighted by atomic mass is 16.5. The van der Waals surface area contributed by atoms with Gasteiger partial charge in [-0.05, 0) is 54.1 Å². The number of aliphatic imine (C=N–C) groups is 1. The summed E-state index contributed by atoms with van der Waals surface area (Å²) in [7, 11) is 1.89. The van der Waals surface area contributed by atoms with Crippen LogP contribution in [0.1, 0.15) is 22.1 Å². The summed E-state index contributed by atoms with van der Waals surface area (Å²) in [6.07, 6.45) is 5.70. The maximum atomic E-state index is 11.4. The zero-order valence-electron chi connectivity index (χ0n) is 16.8. The van der Waals surface area contributed by atoms with Crippen LogP contribution in [0.5, 0.6) is 11.5 Å². The van der Waals surface area contributed by atoms with Gasteiger partial charge < -0.3 is 10.5 Å². The molecule has 0 spiro atoms. The predicted octanol–water partition coefficient (Wildman–Crippen LogP) is 4.17. The molecule has 1 aliphatic rings. The number of aryl methyl sites for hydroxylation is 1. The van der Waals surface area contributed by atoms with Crippen LogP contribution in [0.2, 0.25) is 0 Å². The Morgan fingerprint density at radius 3 is 2.55 bits per heavy atom. The molecule has 2 aromatic carbocycles. The number of ether oxygens (including phenoxy) is 1. The monoisotopic (exact) mass is 409 g/mol. The summed E-state index contributed by atoms with van der Waals surface area (Å²) in [4.78, 5) is 20.0. The van der Waals surface area contributed by atoms with Crippen molar-refractivity contribution in [2.45, 2.75) is 6.04 Å². The van der Waals surface area contributed by atoms with Crippen LogP contribution < -0.4 is 10.5 Å². The zero-order chi connectivity index (χ0) is 21.4. The van der Waals surface area contributed by atoms with Crippen LogP contribution >= 0.6 is 0 Å². The van der Waals surface area contributed by atoms with Gasteiger partial charge >= 0.3 is 0 Å². The van der Waals surface area contributed by atoms with E-state index in [9.17, 15) is 4.79 Å². The molecule has 2 N–H and O–H groups in total. The van der Waals surface area contributed by atoms with Crippen molar-refractivity contribution in [3.8, 4) is 33.9 Å². The Bertz CT molecular complexity index is 1300. The maximum Gasteiger partial charge on any atom is 0.267 e. The Labute approximate surface area is 178 Å². The summed E-state index contributed by atoms with van der Waals surface area (Å²) >= 11 is 0. The average Bonchev–Trinajstić information content (AvgIpc) is 3.55. The number of carbonyl (C=O) groups excluding carboxylic acids is 1. The van der Waals surface area contributed by atoms with Gasteiger partial charge in [0, 0.05) is 36.1 Å². The van der Waals surface area contributed by atoms with E-state index in [-0.39, 0.29) is 11.7 Å². The summed E-state index contributed by atoms with van der Waals surface area (Å²) in [5.41, 5.74) is 10.2. The maximum absolute atomic E-state index is 11.4. The van der Waals surface area contributed by atoms with Crippen LogP contribution in [0.3, 0.4) is 0 Å². The lowest BCUT2D eigenvalue weighted by molar-refractivity contribution is 0.0995. The molecule has 1 atom stereocenters. The highest BCUT2D eigenvalue weighted by Crippen LogP contribution is 2.37. The number of benzene rings is 2. The first kappa shape index (κ1) is 18.7. The number of nitrogens with zero attached hydrogens (tertiary/aromatic N) is 4. The molecule has 4 aromatic rings. The minimum Gasteiger partial charge on any atom is -0.457 e. The van der Waals surface area contributed by atoms with Crippen molar-refractivity contribution in [1.29, 1.82) is 0 Å². The number of hydrogen-bond acceptors (Lipinski definition) is 5. The molecule has 1 aliphatic heterocycles. The van der Waals surface area contributed by atoms with Gasteiger partial charge in [0.2, 0.25) is 0 Å². The minimum atomic E-state index is -0.551. The van der Waals surface area contributed by atoms with Gasteiger partial charge in [0.15, 0.2) is 0 Å². The van der Waals surface area contributed by atoms with Crippen molar-refractivity contribution >= 4 is 12.1 Å². The summed E-state index contributed by atoms with van der Waals surface area (Å²) in [6.45, 7) is 0. The second-order valence-electron chi connectivity index (χ2n) is 7.30. The Morgan fingerprint density at radius 1 is 1.06 bits per heavy atom. The lowest BCUT2D eigenvalue weighted by atomic mass is 10.0. The molecule has 0 radical (unpaired) electrons. The first-order chi connectivity index (χ1) is 15.1. The highest BCUT2D eigenvalue weighted by molar-refractivity contribution is 5.91. The van der Waals surface area contributed by atoms with Crippen LogP contribution in [0, 0.1) is 0 Å².